The maximum Gasteiger partial charge on any atom is 0.220 e. The van der Waals surface area contributed by atoms with Crippen LogP contribution in [0.5, 0.6) is 0 Å². The number of nitrogens with two attached hydrogens (primary N) is 1. The van der Waals surface area contributed by atoms with Gasteiger partial charge in [0.1, 0.15) is 0 Å². The van der Waals surface area contributed by atoms with Crippen LogP contribution in [-0.4, -0.2) is 14.5 Å². The van der Waals surface area contributed by atoms with Crippen molar-refractivity contribution < 1.29 is 0 Å². The molecule has 4 heteroatoms. The van der Waals surface area contributed by atoms with Gasteiger partial charge >= 0.3 is 0 Å². The summed E-state index contributed by atoms with van der Waals surface area (Å²) < 4.78 is 2.07. The van der Waals surface area contributed by atoms with Gasteiger partial charge in [0.15, 0.2) is 0 Å². The first-order chi connectivity index (χ1) is 7.67. The molecule has 0 fully saturated rings. The number of aryl methyl sites for hydroxylation is 1. The highest BCUT2D eigenvalue weighted by molar-refractivity contribution is 5.80. The molecule has 4 nitrogen and oxygen atoms in total. The number of nitrogen functional groups attached to an aromatic ring is 1. The van der Waals surface area contributed by atoms with Crippen molar-refractivity contribution in [2.45, 2.75) is 32.6 Å². The second-order valence-electron chi connectivity index (χ2n) is 4.17. The van der Waals surface area contributed by atoms with E-state index >= 15 is 0 Å². The molecule has 0 amide bonds. The Morgan fingerprint density at radius 2 is 2.06 bits per heavy atom. The lowest BCUT2D eigenvalue weighted by Crippen LogP contribution is -1.98. The minimum atomic E-state index is 0.353. The molecule has 0 atom stereocenters. The van der Waals surface area contributed by atoms with Crippen molar-refractivity contribution >= 4 is 17.0 Å². The topological polar surface area (TPSA) is 56.7 Å². The van der Waals surface area contributed by atoms with Crippen molar-refractivity contribution in [1.82, 2.24) is 14.5 Å². The Bertz CT molecular complexity index is 497. The number of rotatable bonds is 3. The van der Waals surface area contributed by atoms with Gasteiger partial charge in [-0.25, -0.2) is 9.97 Å². The van der Waals surface area contributed by atoms with Crippen molar-refractivity contribution in [3.8, 4) is 0 Å². The van der Waals surface area contributed by atoms with Gasteiger partial charge in [0.2, 0.25) is 5.95 Å². The van der Waals surface area contributed by atoms with Crippen molar-refractivity contribution in [1.29, 1.82) is 0 Å². The number of aromatic nitrogens is 3. The highest BCUT2D eigenvalue weighted by Gasteiger charge is 2.15. The molecule has 0 radical (unpaired) electrons. The summed E-state index contributed by atoms with van der Waals surface area (Å²) in [7, 11) is 2.02. The van der Waals surface area contributed by atoms with Crippen LogP contribution in [-0.2, 0) is 7.05 Å². The number of anilines is 1. The first kappa shape index (κ1) is 10.9. The third kappa shape index (κ3) is 1.64. The third-order valence-corrected chi connectivity index (χ3v) is 3.20. The van der Waals surface area contributed by atoms with E-state index in [0.29, 0.717) is 11.9 Å². The Balaban J connectivity index is 2.65. The Kier molecular flexibility index (Phi) is 2.81. The van der Waals surface area contributed by atoms with Gasteiger partial charge in [0.05, 0.1) is 17.2 Å². The predicted octanol–water partition coefficient (Wildman–Crippen LogP) is 2.45. The Morgan fingerprint density at radius 1 is 1.38 bits per heavy atom. The molecule has 0 bridgehead atoms. The molecule has 2 aromatic heterocycles. The zero-order valence-corrected chi connectivity index (χ0v) is 10.1. The largest absolute Gasteiger partial charge is 0.368 e. The number of hydrogen-bond donors (Lipinski definition) is 1. The molecule has 0 aromatic carbocycles. The van der Waals surface area contributed by atoms with Gasteiger partial charge in [0.25, 0.3) is 0 Å². The smallest absolute Gasteiger partial charge is 0.220 e. The van der Waals surface area contributed by atoms with Gasteiger partial charge in [-0.15, -0.1) is 0 Å². The molecule has 0 aliphatic rings. The first-order valence-electron chi connectivity index (χ1n) is 5.74. The fourth-order valence-electron chi connectivity index (χ4n) is 2.23. The number of hydrogen-bond acceptors (Lipinski definition) is 3. The van der Waals surface area contributed by atoms with Crippen LogP contribution in [0.4, 0.5) is 5.95 Å². The zero-order chi connectivity index (χ0) is 11.7. The minimum absolute atomic E-state index is 0.353. The number of nitrogens with zero attached hydrogens (tertiary/aromatic N) is 3. The van der Waals surface area contributed by atoms with Gasteiger partial charge in [0, 0.05) is 13.2 Å². The molecule has 2 N–H and O–H groups in total. The van der Waals surface area contributed by atoms with Crippen molar-refractivity contribution in [2.75, 3.05) is 5.73 Å². The summed E-state index contributed by atoms with van der Waals surface area (Å²) in [6.45, 7) is 4.41. The summed E-state index contributed by atoms with van der Waals surface area (Å²) in [5.41, 5.74) is 9.00. The van der Waals surface area contributed by atoms with Crippen LogP contribution in [0.15, 0.2) is 12.4 Å². The van der Waals surface area contributed by atoms with Gasteiger partial charge in [-0.2, -0.15) is 0 Å². The first-order valence-corrected chi connectivity index (χ1v) is 5.74. The van der Waals surface area contributed by atoms with Crippen LogP contribution in [0.1, 0.15) is 38.2 Å². The van der Waals surface area contributed by atoms with Crippen LogP contribution < -0.4 is 5.73 Å². The summed E-state index contributed by atoms with van der Waals surface area (Å²) in [6.07, 6.45) is 6.19. The van der Waals surface area contributed by atoms with Gasteiger partial charge in [-0.05, 0) is 24.3 Å². The fourth-order valence-corrected chi connectivity index (χ4v) is 2.23. The molecule has 86 valence electrons. The summed E-state index contributed by atoms with van der Waals surface area (Å²) in [4.78, 5) is 8.40. The van der Waals surface area contributed by atoms with E-state index in [2.05, 4.69) is 34.6 Å². The summed E-state index contributed by atoms with van der Waals surface area (Å²) >= 11 is 0. The van der Waals surface area contributed by atoms with E-state index in [9.17, 15) is 0 Å². The molecule has 2 rings (SSSR count). The van der Waals surface area contributed by atoms with Crippen LogP contribution in [0, 0.1) is 0 Å². The number of fused-ring (bicyclic) bond motifs is 1. The van der Waals surface area contributed by atoms with Crippen molar-refractivity contribution in [3.63, 3.8) is 0 Å². The summed E-state index contributed by atoms with van der Waals surface area (Å²) in [6, 6.07) is 0. The summed E-state index contributed by atoms with van der Waals surface area (Å²) in [5, 5.41) is 0. The van der Waals surface area contributed by atoms with Crippen molar-refractivity contribution in [3.05, 3.63) is 18.0 Å². The zero-order valence-electron chi connectivity index (χ0n) is 10.1. The molecular weight excluding hydrogens is 200 g/mol. The second kappa shape index (κ2) is 4.12. The molecule has 0 unspecified atom stereocenters. The molecule has 0 aliphatic heterocycles. The van der Waals surface area contributed by atoms with E-state index in [-0.39, 0.29) is 0 Å². The average molecular weight is 218 g/mol. The predicted molar refractivity (Wildman–Crippen MR) is 66.2 cm³/mol. The molecule has 0 saturated heterocycles. The van der Waals surface area contributed by atoms with Crippen LogP contribution in [0.3, 0.4) is 0 Å². The highest BCUT2D eigenvalue weighted by atomic mass is 15.0. The SMILES string of the molecule is CCC(CC)c1cn(C)c2cnc(N)nc12. The quantitative estimate of drug-likeness (QED) is 0.861. The van der Waals surface area contributed by atoms with Crippen LogP contribution >= 0.6 is 0 Å². The van der Waals surface area contributed by atoms with E-state index in [1.54, 1.807) is 6.20 Å². The Labute approximate surface area is 95.5 Å². The lowest BCUT2D eigenvalue weighted by molar-refractivity contribution is 0.643. The second-order valence-corrected chi connectivity index (χ2v) is 4.17. The van der Waals surface area contributed by atoms with E-state index in [1.807, 2.05) is 7.05 Å². The standard InChI is InChI=1S/C12H18N4/c1-4-8(5-2)9-7-16(3)10-6-14-12(13)15-11(9)10/h6-8H,4-5H2,1-3H3,(H2,13,14,15). The molecule has 0 spiro atoms. The Hall–Kier alpha value is -1.58. The molecule has 0 saturated carbocycles. The third-order valence-electron chi connectivity index (χ3n) is 3.20. The van der Waals surface area contributed by atoms with E-state index in [1.165, 1.54) is 5.56 Å². The Morgan fingerprint density at radius 3 is 2.69 bits per heavy atom. The maximum absolute atomic E-state index is 5.65. The summed E-state index contributed by atoms with van der Waals surface area (Å²) in [5.74, 6) is 0.906. The van der Waals surface area contributed by atoms with Crippen LogP contribution in [0.2, 0.25) is 0 Å². The van der Waals surface area contributed by atoms with E-state index < -0.39 is 0 Å². The molecule has 0 aliphatic carbocycles. The van der Waals surface area contributed by atoms with Crippen LogP contribution in [0.25, 0.3) is 11.0 Å². The molecule has 16 heavy (non-hydrogen) atoms. The minimum Gasteiger partial charge on any atom is -0.368 e. The van der Waals surface area contributed by atoms with Gasteiger partial charge in [-0.1, -0.05) is 13.8 Å². The normalized spacial score (nSPS) is 11.5. The lowest BCUT2D eigenvalue weighted by atomic mass is 9.96. The fraction of sp³-hybridized carbons (Fsp3) is 0.500. The molecule has 2 heterocycles. The molecular formula is C12H18N4. The molecule has 2 aromatic rings. The monoisotopic (exact) mass is 218 g/mol. The van der Waals surface area contributed by atoms with Gasteiger partial charge in [-0.3, -0.25) is 0 Å². The average Bonchev–Trinajstić information content (AvgIpc) is 2.58. The van der Waals surface area contributed by atoms with E-state index in [0.717, 1.165) is 23.9 Å². The van der Waals surface area contributed by atoms with Gasteiger partial charge < -0.3 is 10.3 Å². The lowest BCUT2D eigenvalue weighted by Gasteiger charge is -2.10. The highest BCUT2D eigenvalue weighted by Crippen LogP contribution is 2.30. The van der Waals surface area contributed by atoms with E-state index in [4.69, 9.17) is 5.73 Å². The maximum atomic E-state index is 5.65. The van der Waals surface area contributed by atoms with Crippen molar-refractivity contribution in [2.24, 2.45) is 7.05 Å².